The van der Waals surface area contributed by atoms with Crippen molar-refractivity contribution in [3.63, 3.8) is 0 Å². The van der Waals surface area contributed by atoms with Crippen molar-refractivity contribution in [2.24, 2.45) is 11.8 Å². The first kappa shape index (κ1) is 22.7. The number of hydrogen-bond donors (Lipinski definition) is 0. The molecule has 0 aromatic heterocycles. The third-order valence-electron chi connectivity index (χ3n) is 4.10. The van der Waals surface area contributed by atoms with Crippen LogP contribution in [0.5, 0.6) is 0 Å². The molecule has 0 spiro atoms. The molecule has 0 radical (unpaired) electrons. The summed E-state index contributed by atoms with van der Waals surface area (Å²) in [5, 5.41) is 0. The van der Waals surface area contributed by atoms with Gasteiger partial charge in [0.15, 0.2) is 0 Å². The molecule has 0 aliphatic heterocycles. The Morgan fingerprint density at radius 2 is 0.882 bits per heavy atom. The van der Waals surface area contributed by atoms with Crippen LogP contribution in [0.4, 0.5) is 0 Å². The van der Waals surface area contributed by atoms with Crippen LogP contribution < -0.4 is 0 Å². The zero-order valence-electron chi connectivity index (χ0n) is 12.6. The molecule has 0 aromatic carbocycles. The Balaban J connectivity index is -0.000000196. The van der Waals surface area contributed by atoms with Gasteiger partial charge in [0.1, 0.15) is 0 Å². The molecule has 2 saturated carbocycles. The van der Waals surface area contributed by atoms with Crippen LogP contribution in [0.25, 0.3) is 0 Å². The summed E-state index contributed by atoms with van der Waals surface area (Å²) >= 11 is 0. The summed E-state index contributed by atoms with van der Waals surface area (Å²) in [4.78, 5) is 0. The third-order valence-corrected chi connectivity index (χ3v) is 4.10. The van der Waals surface area contributed by atoms with Crippen LogP contribution in [-0.2, 0) is 17.4 Å². The molecule has 2 rings (SSSR count). The van der Waals surface area contributed by atoms with Gasteiger partial charge >= 0.3 is 17.4 Å². The topological polar surface area (TPSA) is 0 Å². The molecular formula is C16H34Cr. The van der Waals surface area contributed by atoms with Crippen LogP contribution in [-0.4, -0.2) is 0 Å². The Morgan fingerprint density at radius 1 is 0.647 bits per heavy atom. The van der Waals surface area contributed by atoms with E-state index in [4.69, 9.17) is 0 Å². The molecule has 2 aliphatic rings. The molecule has 0 atom stereocenters. The summed E-state index contributed by atoms with van der Waals surface area (Å²) in [6.45, 7) is 4.60. The first-order valence-electron chi connectivity index (χ1n) is 6.86. The first-order chi connectivity index (χ1) is 6.86. The summed E-state index contributed by atoms with van der Waals surface area (Å²) in [6, 6.07) is 0. The summed E-state index contributed by atoms with van der Waals surface area (Å²) in [5.41, 5.74) is 0. The zero-order chi connectivity index (χ0) is 10.2. The average Bonchev–Trinajstić information content (AvgIpc) is 2.92. The van der Waals surface area contributed by atoms with Gasteiger partial charge in [-0.15, -0.1) is 0 Å². The zero-order valence-corrected chi connectivity index (χ0v) is 13.9. The average molecular weight is 278 g/mol. The molecule has 104 valence electrons. The predicted octanol–water partition coefficient (Wildman–Crippen LogP) is 6.07. The van der Waals surface area contributed by atoms with E-state index >= 15 is 0 Å². The molecule has 0 bridgehead atoms. The van der Waals surface area contributed by atoms with Crippen molar-refractivity contribution in [2.75, 3.05) is 0 Å². The summed E-state index contributed by atoms with van der Waals surface area (Å²) < 4.78 is 0. The molecule has 2 fully saturated rings. The third kappa shape index (κ3) is 10.2. The van der Waals surface area contributed by atoms with Crippen molar-refractivity contribution >= 4 is 0 Å². The fraction of sp³-hybridized carbons (Fsp3) is 0.875. The molecule has 2 aliphatic carbocycles. The number of rotatable bonds is 2. The van der Waals surface area contributed by atoms with Gasteiger partial charge in [0.2, 0.25) is 0 Å². The van der Waals surface area contributed by atoms with Gasteiger partial charge in [0.05, 0.1) is 0 Å². The van der Waals surface area contributed by atoms with Gasteiger partial charge in [-0.05, 0) is 11.8 Å². The van der Waals surface area contributed by atoms with Gasteiger partial charge in [-0.3, -0.25) is 0 Å². The molecule has 0 nitrogen and oxygen atoms in total. The van der Waals surface area contributed by atoms with Gasteiger partial charge in [-0.2, -0.15) is 0 Å². The normalized spacial score (nSPS) is 19.4. The second kappa shape index (κ2) is 14.6. The predicted molar refractivity (Wildman–Crippen MR) is 77.3 cm³/mol. The summed E-state index contributed by atoms with van der Waals surface area (Å²) in [5.74, 6) is 2.19. The van der Waals surface area contributed by atoms with Crippen LogP contribution in [0.1, 0.15) is 78.1 Å². The van der Waals surface area contributed by atoms with Crippen molar-refractivity contribution in [1.29, 1.82) is 0 Å². The van der Waals surface area contributed by atoms with Gasteiger partial charge in [-0.1, -0.05) is 78.1 Å². The largest absolute Gasteiger partial charge is 2.00 e. The Hall–Kier alpha value is 0.532. The monoisotopic (exact) mass is 278 g/mol. The second-order valence-electron chi connectivity index (χ2n) is 5.12. The van der Waals surface area contributed by atoms with Crippen molar-refractivity contribution in [2.45, 2.75) is 78.1 Å². The number of hydrogen-bond acceptors (Lipinski definition) is 0. The van der Waals surface area contributed by atoms with E-state index in [2.05, 4.69) is 13.8 Å². The fourth-order valence-corrected chi connectivity index (χ4v) is 2.84. The van der Waals surface area contributed by atoms with Gasteiger partial charge < -0.3 is 14.9 Å². The van der Waals surface area contributed by atoms with E-state index in [1.54, 1.807) is 0 Å². The Bertz CT molecular complexity index is 105. The summed E-state index contributed by atoms with van der Waals surface area (Å²) in [6.07, 6.45) is 14.9. The molecule has 17 heavy (non-hydrogen) atoms. The molecule has 0 N–H and O–H groups in total. The smallest absolute Gasteiger partial charge is 0.358 e. The Labute approximate surface area is 122 Å². The van der Waals surface area contributed by atoms with Crippen molar-refractivity contribution in [3.8, 4) is 0 Å². The van der Waals surface area contributed by atoms with Crippen molar-refractivity contribution in [3.05, 3.63) is 14.9 Å². The van der Waals surface area contributed by atoms with E-state index in [1.165, 1.54) is 64.2 Å². The van der Waals surface area contributed by atoms with E-state index in [-0.39, 0.29) is 32.2 Å². The van der Waals surface area contributed by atoms with Crippen LogP contribution in [0.2, 0.25) is 0 Å². The van der Waals surface area contributed by atoms with E-state index in [0.29, 0.717) is 0 Å². The minimum Gasteiger partial charge on any atom is -0.358 e. The van der Waals surface area contributed by atoms with Gasteiger partial charge in [0, 0.05) is 0 Å². The maximum atomic E-state index is 2.30. The maximum absolute atomic E-state index is 2.30. The van der Waals surface area contributed by atoms with E-state index in [9.17, 15) is 0 Å². The quantitative estimate of drug-likeness (QED) is 0.538. The minimum atomic E-state index is 0. The van der Waals surface area contributed by atoms with Crippen LogP contribution in [0.3, 0.4) is 0 Å². The Kier molecular flexibility index (Phi) is 19.5. The van der Waals surface area contributed by atoms with Crippen LogP contribution in [0.15, 0.2) is 0 Å². The van der Waals surface area contributed by atoms with E-state index in [0.717, 1.165) is 11.8 Å². The molecule has 0 heterocycles. The SMILES string of the molecule is CCC1CCCC1.CCC1CCCC1.[CH3-].[CH3-].[Cr+2]. The second-order valence-corrected chi connectivity index (χ2v) is 5.12. The molecule has 0 aromatic rings. The first-order valence-corrected chi connectivity index (χ1v) is 6.86. The van der Waals surface area contributed by atoms with Gasteiger partial charge in [0.25, 0.3) is 0 Å². The van der Waals surface area contributed by atoms with Gasteiger partial charge in [-0.25, -0.2) is 0 Å². The van der Waals surface area contributed by atoms with Crippen molar-refractivity contribution < 1.29 is 17.4 Å². The fourth-order valence-electron chi connectivity index (χ4n) is 2.84. The van der Waals surface area contributed by atoms with E-state index < -0.39 is 0 Å². The molecular weight excluding hydrogens is 244 g/mol. The Morgan fingerprint density at radius 3 is 1.00 bits per heavy atom. The summed E-state index contributed by atoms with van der Waals surface area (Å²) in [7, 11) is 0. The van der Waals surface area contributed by atoms with Crippen LogP contribution >= 0.6 is 0 Å². The molecule has 0 unspecified atom stereocenters. The maximum Gasteiger partial charge on any atom is 2.00 e. The standard InChI is InChI=1S/2C7H14.2CH3.Cr/c2*1-2-7-5-3-4-6-7;;;/h2*7H,2-6H2,1H3;2*1H3;/q;;2*-1;+2. The van der Waals surface area contributed by atoms with Crippen molar-refractivity contribution in [1.82, 2.24) is 0 Å². The minimum absolute atomic E-state index is 0. The van der Waals surface area contributed by atoms with E-state index in [1.807, 2.05) is 0 Å². The molecule has 0 saturated heterocycles. The van der Waals surface area contributed by atoms with Crippen LogP contribution in [0, 0.1) is 26.7 Å². The molecule has 1 heteroatoms. The molecule has 0 amide bonds.